The van der Waals surface area contributed by atoms with Crippen LogP contribution in [0.25, 0.3) is 10.6 Å². The van der Waals surface area contributed by atoms with E-state index < -0.39 is 11.7 Å². The molecule has 0 aliphatic heterocycles. The maximum atomic E-state index is 12.7. The largest absolute Gasteiger partial charge is 0.416 e. The Morgan fingerprint density at radius 3 is 2.54 bits per heavy atom. The number of hydrogen-bond acceptors (Lipinski definition) is 4. The molecule has 0 unspecified atom stereocenters. The van der Waals surface area contributed by atoms with Gasteiger partial charge in [0.15, 0.2) is 0 Å². The Labute approximate surface area is 151 Å². The molecule has 0 atom stereocenters. The SMILES string of the molecule is Cc1nc(-c2ccc(C(F)(F)F)cc2)sc1C(=O)NCc1cccnc1. The summed E-state index contributed by atoms with van der Waals surface area (Å²) in [6.45, 7) is 2.03. The van der Waals surface area contributed by atoms with Crippen LogP contribution in [0.1, 0.15) is 26.5 Å². The maximum Gasteiger partial charge on any atom is 0.416 e. The smallest absolute Gasteiger partial charge is 0.347 e. The Bertz CT molecular complexity index is 906. The molecule has 0 fully saturated rings. The van der Waals surface area contributed by atoms with Crippen LogP contribution in [0.4, 0.5) is 13.2 Å². The first-order chi connectivity index (χ1) is 12.3. The van der Waals surface area contributed by atoms with Crippen LogP contribution in [0.15, 0.2) is 48.8 Å². The molecular formula is C18H14F3N3OS. The second-order valence-corrected chi connectivity index (χ2v) is 6.55. The van der Waals surface area contributed by atoms with Gasteiger partial charge in [0.25, 0.3) is 5.91 Å². The van der Waals surface area contributed by atoms with Crippen molar-refractivity contribution in [3.63, 3.8) is 0 Å². The second kappa shape index (κ2) is 7.25. The number of hydrogen-bond donors (Lipinski definition) is 1. The van der Waals surface area contributed by atoms with Gasteiger partial charge in [-0.2, -0.15) is 13.2 Å². The summed E-state index contributed by atoms with van der Waals surface area (Å²) in [6, 6.07) is 8.36. The molecule has 0 spiro atoms. The highest BCUT2D eigenvalue weighted by Gasteiger charge is 2.30. The zero-order valence-electron chi connectivity index (χ0n) is 13.7. The standard InChI is InChI=1S/C18H14F3N3OS/c1-11-15(16(25)23-10-12-3-2-8-22-9-12)26-17(24-11)13-4-6-14(7-5-13)18(19,20)21/h2-9H,10H2,1H3,(H,23,25). The number of aromatic nitrogens is 2. The maximum absolute atomic E-state index is 12.7. The molecule has 0 saturated heterocycles. The van der Waals surface area contributed by atoms with Crippen LogP contribution in [0.5, 0.6) is 0 Å². The van der Waals surface area contributed by atoms with Crippen LogP contribution < -0.4 is 5.32 Å². The molecule has 3 rings (SSSR count). The zero-order valence-corrected chi connectivity index (χ0v) is 14.5. The van der Waals surface area contributed by atoms with E-state index in [1.165, 1.54) is 12.1 Å². The lowest BCUT2D eigenvalue weighted by Crippen LogP contribution is -2.22. The highest BCUT2D eigenvalue weighted by Crippen LogP contribution is 2.32. The molecular weight excluding hydrogens is 363 g/mol. The van der Waals surface area contributed by atoms with Gasteiger partial charge >= 0.3 is 6.18 Å². The number of halogens is 3. The van der Waals surface area contributed by atoms with E-state index in [9.17, 15) is 18.0 Å². The minimum Gasteiger partial charge on any atom is -0.347 e. The van der Waals surface area contributed by atoms with Crippen molar-refractivity contribution in [1.29, 1.82) is 0 Å². The summed E-state index contributed by atoms with van der Waals surface area (Å²) >= 11 is 1.15. The number of rotatable bonds is 4. The van der Waals surface area contributed by atoms with Gasteiger partial charge in [-0.25, -0.2) is 4.98 Å². The lowest BCUT2D eigenvalue weighted by molar-refractivity contribution is -0.137. The first kappa shape index (κ1) is 18.1. The summed E-state index contributed by atoms with van der Waals surface area (Å²) in [5.74, 6) is -0.276. The quantitative estimate of drug-likeness (QED) is 0.730. The lowest BCUT2D eigenvalue weighted by Gasteiger charge is -2.06. The average molecular weight is 377 g/mol. The fourth-order valence-corrected chi connectivity index (χ4v) is 3.29. The third-order valence-corrected chi connectivity index (χ3v) is 4.84. The fraction of sp³-hybridized carbons (Fsp3) is 0.167. The van der Waals surface area contributed by atoms with Gasteiger partial charge in [0, 0.05) is 24.5 Å². The summed E-state index contributed by atoms with van der Waals surface area (Å²) in [7, 11) is 0. The van der Waals surface area contributed by atoms with Crippen LogP contribution in [0.2, 0.25) is 0 Å². The van der Waals surface area contributed by atoms with Gasteiger partial charge in [-0.1, -0.05) is 18.2 Å². The first-order valence-electron chi connectivity index (χ1n) is 7.67. The van der Waals surface area contributed by atoms with Crippen molar-refractivity contribution >= 4 is 17.2 Å². The van der Waals surface area contributed by atoms with Gasteiger partial charge in [0.2, 0.25) is 0 Å². The number of aryl methyl sites for hydroxylation is 1. The van der Waals surface area contributed by atoms with Crippen molar-refractivity contribution in [2.45, 2.75) is 19.6 Å². The van der Waals surface area contributed by atoms with Gasteiger partial charge in [-0.05, 0) is 30.7 Å². The molecule has 2 heterocycles. The highest BCUT2D eigenvalue weighted by molar-refractivity contribution is 7.17. The molecule has 1 amide bonds. The van der Waals surface area contributed by atoms with E-state index in [0.717, 1.165) is 29.0 Å². The lowest BCUT2D eigenvalue weighted by atomic mass is 10.1. The molecule has 8 heteroatoms. The van der Waals surface area contributed by atoms with E-state index in [1.807, 2.05) is 6.07 Å². The fourth-order valence-electron chi connectivity index (χ4n) is 2.30. The van der Waals surface area contributed by atoms with Gasteiger partial charge < -0.3 is 5.32 Å². The summed E-state index contributed by atoms with van der Waals surface area (Å²) in [5.41, 5.74) is 1.22. The third-order valence-electron chi connectivity index (χ3n) is 3.64. The Balaban J connectivity index is 1.75. The molecule has 4 nitrogen and oxygen atoms in total. The molecule has 0 bridgehead atoms. The molecule has 26 heavy (non-hydrogen) atoms. The van der Waals surface area contributed by atoms with Gasteiger partial charge in [0.1, 0.15) is 9.88 Å². The number of carbonyl (C=O) groups is 1. The van der Waals surface area contributed by atoms with Crippen molar-refractivity contribution < 1.29 is 18.0 Å². The number of thiazole rings is 1. The van der Waals surface area contributed by atoms with E-state index >= 15 is 0 Å². The first-order valence-corrected chi connectivity index (χ1v) is 8.48. The number of nitrogens with zero attached hydrogens (tertiary/aromatic N) is 2. The van der Waals surface area contributed by atoms with Crippen LogP contribution >= 0.6 is 11.3 Å². The molecule has 3 aromatic rings. The predicted molar refractivity (Wildman–Crippen MR) is 92.7 cm³/mol. The van der Waals surface area contributed by atoms with Crippen LogP contribution in [0.3, 0.4) is 0 Å². The van der Waals surface area contributed by atoms with Crippen molar-refractivity contribution in [1.82, 2.24) is 15.3 Å². The Morgan fingerprint density at radius 2 is 1.92 bits per heavy atom. The van der Waals surface area contributed by atoms with Crippen LogP contribution in [0, 0.1) is 6.92 Å². The van der Waals surface area contributed by atoms with E-state index in [4.69, 9.17) is 0 Å². The number of amides is 1. The van der Waals surface area contributed by atoms with Crippen LogP contribution in [-0.2, 0) is 12.7 Å². The molecule has 0 radical (unpaired) electrons. The second-order valence-electron chi connectivity index (χ2n) is 5.55. The Hall–Kier alpha value is -2.74. The number of alkyl halides is 3. The van der Waals surface area contributed by atoms with Crippen molar-refractivity contribution in [3.8, 4) is 10.6 Å². The summed E-state index contributed by atoms with van der Waals surface area (Å²) in [4.78, 5) is 21.1. The number of pyridine rings is 1. The van der Waals surface area contributed by atoms with E-state index in [-0.39, 0.29) is 5.91 Å². The summed E-state index contributed by atoms with van der Waals surface area (Å²) < 4.78 is 38.0. The molecule has 0 saturated carbocycles. The van der Waals surface area contributed by atoms with Crippen molar-refractivity contribution in [2.24, 2.45) is 0 Å². The Morgan fingerprint density at radius 1 is 1.19 bits per heavy atom. The highest BCUT2D eigenvalue weighted by atomic mass is 32.1. The molecule has 0 aliphatic rings. The van der Waals surface area contributed by atoms with Crippen molar-refractivity contribution in [2.75, 3.05) is 0 Å². The topological polar surface area (TPSA) is 54.9 Å². The molecule has 0 aliphatic carbocycles. The number of carbonyl (C=O) groups excluding carboxylic acids is 1. The molecule has 134 valence electrons. The van der Waals surface area contributed by atoms with Crippen molar-refractivity contribution in [3.05, 3.63) is 70.5 Å². The van der Waals surface area contributed by atoms with Gasteiger partial charge in [0.05, 0.1) is 11.3 Å². The summed E-state index contributed by atoms with van der Waals surface area (Å²) in [6.07, 6.45) is -1.07. The van der Waals surface area contributed by atoms with Gasteiger partial charge in [-0.3, -0.25) is 9.78 Å². The summed E-state index contributed by atoms with van der Waals surface area (Å²) in [5, 5.41) is 3.30. The molecule has 1 aromatic carbocycles. The Kier molecular flexibility index (Phi) is 5.03. The normalized spacial score (nSPS) is 11.4. The van der Waals surface area contributed by atoms with E-state index in [2.05, 4.69) is 15.3 Å². The zero-order chi connectivity index (χ0) is 18.7. The molecule has 1 N–H and O–H groups in total. The van der Waals surface area contributed by atoms with E-state index in [1.54, 1.807) is 25.4 Å². The van der Waals surface area contributed by atoms with E-state index in [0.29, 0.717) is 27.7 Å². The van der Waals surface area contributed by atoms with Crippen LogP contribution in [-0.4, -0.2) is 15.9 Å². The average Bonchev–Trinajstić information content (AvgIpc) is 3.02. The minimum absolute atomic E-state index is 0.276. The minimum atomic E-state index is -4.38. The predicted octanol–water partition coefficient (Wildman–Crippen LogP) is 4.46. The number of benzene rings is 1. The monoisotopic (exact) mass is 377 g/mol. The third kappa shape index (κ3) is 4.08. The number of nitrogens with one attached hydrogen (secondary N) is 1. The van der Waals surface area contributed by atoms with Gasteiger partial charge in [-0.15, -0.1) is 11.3 Å². The molecule has 2 aromatic heterocycles.